The Bertz CT molecular complexity index is 1280. The third-order valence-corrected chi connectivity index (χ3v) is 9.04. The molecule has 1 atom stereocenters. The zero-order valence-electron chi connectivity index (χ0n) is 22.6. The number of carbonyl (C=O) groups excluding carboxylic acids is 2. The van der Waals surface area contributed by atoms with Crippen LogP contribution in [0.2, 0.25) is 15.1 Å². The Morgan fingerprint density at radius 1 is 1.05 bits per heavy atom. The predicted molar refractivity (Wildman–Crippen MR) is 159 cm³/mol. The van der Waals surface area contributed by atoms with Crippen LogP contribution in [0.5, 0.6) is 0 Å². The quantitative estimate of drug-likeness (QED) is 0.300. The lowest BCUT2D eigenvalue weighted by Crippen LogP contribution is -2.51. The third kappa shape index (κ3) is 8.74. The molecule has 0 heterocycles. The molecule has 0 aromatic heterocycles. The second kappa shape index (κ2) is 14.1. The summed E-state index contributed by atoms with van der Waals surface area (Å²) in [5.74, 6) is -0.444. The van der Waals surface area contributed by atoms with Gasteiger partial charge >= 0.3 is 0 Å². The Balaban J connectivity index is 1.81. The van der Waals surface area contributed by atoms with Crippen LogP contribution in [0.3, 0.4) is 0 Å². The molecule has 1 aliphatic rings. The fourth-order valence-corrected chi connectivity index (χ4v) is 6.60. The van der Waals surface area contributed by atoms with Crippen molar-refractivity contribution in [1.82, 2.24) is 10.2 Å². The Kier molecular flexibility index (Phi) is 11.4. The average Bonchev–Trinajstić information content (AvgIpc) is 3.37. The molecule has 0 spiro atoms. The van der Waals surface area contributed by atoms with Crippen LogP contribution in [0.4, 0.5) is 5.69 Å². The van der Waals surface area contributed by atoms with E-state index in [2.05, 4.69) is 5.32 Å². The summed E-state index contributed by atoms with van der Waals surface area (Å²) in [5.41, 5.74) is 1.91. The molecule has 0 unspecified atom stereocenters. The van der Waals surface area contributed by atoms with Crippen molar-refractivity contribution >= 4 is 62.3 Å². The SMILES string of the molecule is CC[C@H](C(=O)NC1CCCC1)N(Cc1ccc(Cl)cc1Cl)C(=O)CCCN(c1cc(Cl)ccc1C)S(C)(=O)=O. The molecular formula is C28H36Cl3N3O4S. The van der Waals surface area contributed by atoms with Gasteiger partial charge in [-0.05, 0) is 68.0 Å². The van der Waals surface area contributed by atoms with Crippen LogP contribution < -0.4 is 9.62 Å². The van der Waals surface area contributed by atoms with Crippen LogP contribution in [0, 0.1) is 6.92 Å². The number of benzene rings is 2. The molecule has 11 heteroatoms. The van der Waals surface area contributed by atoms with Crippen molar-refractivity contribution in [2.75, 3.05) is 17.1 Å². The number of nitrogens with zero attached hydrogens (tertiary/aromatic N) is 2. The normalized spacial score (nSPS) is 14.7. The van der Waals surface area contributed by atoms with Gasteiger partial charge in [-0.2, -0.15) is 0 Å². The van der Waals surface area contributed by atoms with E-state index in [0.29, 0.717) is 32.7 Å². The minimum Gasteiger partial charge on any atom is -0.352 e. The van der Waals surface area contributed by atoms with Crippen molar-refractivity contribution in [3.63, 3.8) is 0 Å². The van der Waals surface area contributed by atoms with Crippen LogP contribution >= 0.6 is 34.8 Å². The molecule has 0 saturated heterocycles. The molecule has 214 valence electrons. The topological polar surface area (TPSA) is 86.8 Å². The zero-order valence-corrected chi connectivity index (χ0v) is 25.6. The fourth-order valence-electron chi connectivity index (χ4n) is 4.95. The van der Waals surface area contributed by atoms with Crippen molar-refractivity contribution in [2.45, 2.75) is 77.4 Å². The van der Waals surface area contributed by atoms with Crippen molar-refractivity contribution in [3.8, 4) is 0 Å². The number of anilines is 1. The highest BCUT2D eigenvalue weighted by Gasteiger charge is 2.31. The van der Waals surface area contributed by atoms with Gasteiger partial charge in [-0.15, -0.1) is 0 Å². The van der Waals surface area contributed by atoms with Crippen LogP contribution in [0.1, 0.15) is 63.0 Å². The summed E-state index contributed by atoms with van der Waals surface area (Å²) >= 11 is 18.6. The summed E-state index contributed by atoms with van der Waals surface area (Å²) < 4.78 is 26.5. The van der Waals surface area contributed by atoms with Gasteiger partial charge in [0.2, 0.25) is 21.8 Å². The molecular weight excluding hydrogens is 581 g/mol. The van der Waals surface area contributed by atoms with Crippen LogP contribution in [0.15, 0.2) is 36.4 Å². The van der Waals surface area contributed by atoms with Crippen molar-refractivity contribution in [3.05, 3.63) is 62.6 Å². The Labute approximate surface area is 246 Å². The van der Waals surface area contributed by atoms with Crippen molar-refractivity contribution in [1.29, 1.82) is 0 Å². The summed E-state index contributed by atoms with van der Waals surface area (Å²) in [4.78, 5) is 28.5. The third-order valence-electron chi connectivity index (χ3n) is 7.04. The predicted octanol–water partition coefficient (Wildman–Crippen LogP) is 6.37. The van der Waals surface area contributed by atoms with E-state index in [-0.39, 0.29) is 43.8 Å². The molecule has 39 heavy (non-hydrogen) atoms. The fraction of sp³-hybridized carbons (Fsp3) is 0.500. The van der Waals surface area contributed by atoms with Gasteiger partial charge in [0.15, 0.2) is 0 Å². The molecule has 0 aliphatic heterocycles. The average molecular weight is 617 g/mol. The summed E-state index contributed by atoms with van der Waals surface area (Å²) in [6.45, 7) is 3.90. The van der Waals surface area contributed by atoms with Gasteiger partial charge in [0.1, 0.15) is 6.04 Å². The second-order valence-electron chi connectivity index (χ2n) is 10.0. The number of nitrogens with one attached hydrogen (secondary N) is 1. The Morgan fingerprint density at radius 2 is 1.69 bits per heavy atom. The maximum absolute atomic E-state index is 13.6. The van der Waals surface area contributed by atoms with E-state index in [4.69, 9.17) is 34.8 Å². The molecule has 1 N–H and O–H groups in total. The van der Waals surface area contributed by atoms with E-state index in [1.165, 1.54) is 4.31 Å². The number of carbonyl (C=O) groups is 2. The van der Waals surface area contributed by atoms with E-state index >= 15 is 0 Å². The first-order valence-electron chi connectivity index (χ1n) is 13.2. The largest absolute Gasteiger partial charge is 0.352 e. The summed E-state index contributed by atoms with van der Waals surface area (Å²) in [5, 5.41) is 4.42. The van der Waals surface area contributed by atoms with Gasteiger partial charge in [-0.1, -0.05) is 66.7 Å². The number of sulfonamides is 1. The molecule has 1 saturated carbocycles. The maximum Gasteiger partial charge on any atom is 0.243 e. The first kappa shape index (κ1) is 31.5. The Morgan fingerprint density at radius 3 is 2.31 bits per heavy atom. The standard InChI is InChI=1S/C28H36Cl3N3O4S/c1-4-25(28(36)32-23-8-5-6-9-23)33(18-20-12-14-21(29)16-24(20)31)27(35)10-7-15-34(39(3,37)38)26-17-22(30)13-11-19(26)2/h11-14,16-17,23,25H,4-10,15,18H2,1-3H3,(H,32,36)/t25-/m1/s1. The van der Waals surface area contributed by atoms with E-state index in [1.807, 2.05) is 6.92 Å². The van der Waals surface area contributed by atoms with E-state index < -0.39 is 16.1 Å². The molecule has 2 amide bonds. The highest BCUT2D eigenvalue weighted by atomic mass is 35.5. The minimum atomic E-state index is -3.63. The van der Waals surface area contributed by atoms with Crippen molar-refractivity contribution < 1.29 is 18.0 Å². The highest BCUT2D eigenvalue weighted by Crippen LogP contribution is 2.28. The summed E-state index contributed by atoms with van der Waals surface area (Å²) in [6, 6.07) is 9.55. The van der Waals surface area contributed by atoms with Crippen molar-refractivity contribution in [2.24, 2.45) is 0 Å². The number of amides is 2. The first-order chi connectivity index (χ1) is 18.4. The van der Waals surface area contributed by atoms with E-state index in [0.717, 1.165) is 37.5 Å². The lowest BCUT2D eigenvalue weighted by atomic mass is 10.1. The minimum absolute atomic E-state index is 0.0457. The zero-order chi connectivity index (χ0) is 28.7. The molecule has 0 bridgehead atoms. The second-order valence-corrected chi connectivity index (χ2v) is 13.2. The number of rotatable bonds is 12. The van der Waals surface area contributed by atoms with Crippen LogP contribution in [0.25, 0.3) is 0 Å². The summed E-state index contributed by atoms with van der Waals surface area (Å²) in [7, 11) is -3.63. The van der Waals surface area contributed by atoms with Gasteiger partial charge in [0.25, 0.3) is 0 Å². The number of hydrogen-bond acceptors (Lipinski definition) is 4. The number of halogens is 3. The highest BCUT2D eigenvalue weighted by molar-refractivity contribution is 7.92. The van der Waals surface area contributed by atoms with E-state index in [9.17, 15) is 18.0 Å². The van der Waals surface area contributed by atoms with Gasteiger partial charge in [-0.3, -0.25) is 13.9 Å². The van der Waals surface area contributed by atoms with E-state index in [1.54, 1.807) is 48.2 Å². The lowest BCUT2D eigenvalue weighted by molar-refractivity contribution is -0.141. The molecule has 7 nitrogen and oxygen atoms in total. The monoisotopic (exact) mass is 615 g/mol. The first-order valence-corrected chi connectivity index (χ1v) is 16.2. The molecule has 1 fully saturated rings. The van der Waals surface area contributed by atoms with Gasteiger partial charge in [0.05, 0.1) is 11.9 Å². The lowest BCUT2D eigenvalue weighted by Gasteiger charge is -2.32. The smallest absolute Gasteiger partial charge is 0.243 e. The van der Waals surface area contributed by atoms with Gasteiger partial charge in [0, 0.05) is 40.6 Å². The van der Waals surface area contributed by atoms with Gasteiger partial charge < -0.3 is 10.2 Å². The van der Waals surface area contributed by atoms with Crippen LogP contribution in [-0.2, 0) is 26.2 Å². The molecule has 3 rings (SSSR count). The van der Waals surface area contributed by atoms with Gasteiger partial charge in [-0.25, -0.2) is 8.42 Å². The van der Waals surface area contributed by atoms with Crippen LogP contribution in [-0.4, -0.2) is 50.0 Å². The maximum atomic E-state index is 13.6. The molecule has 2 aromatic rings. The molecule has 2 aromatic carbocycles. The summed E-state index contributed by atoms with van der Waals surface area (Å²) in [6.07, 6.45) is 5.87. The molecule has 1 aliphatic carbocycles. The number of aryl methyl sites for hydroxylation is 1. The molecule has 0 radical (unpaired) electrons. The Hall–Kier alpha value is -2.00. The number of hydrogen-bond donors (Lipinski definition) is 1.